The summed E-state index contributed by atoms with van der Waals surface area (Å²) in [5.74, 6) is 1.23. The summed E-state index contributed by atoms with van der Waals surface area (Å²) in [5.41, 5.74) is 1.20. The van der Waals surface area contributed by atoms with Gasteiger partial charge in [0, 0.05) is 13.1 Å². The molecule has 1 aromatic carbocycles. The van der Waals surface area contributed by atoms with Crippen LogP contribution in [0.3, 0.4) is 0 Å². The Morgan fingerprint density at radius 1 is 1.19 bits per heavy atom. The molecule has 0 aliphatic carbocycles. The van der Waals surface area contributed by atoms with Gasteiger partial charge in [-0.3, -0.25) is 4.79 Å². The highest BCUT2D eigenvalue weighted by Crippen LogP contribution is 2.24. The average Bonchev–Trinajstić information content (AvgIpc) is 3.10. The van der Waals surface area contributed by atoms with E-state index in [4.69, 9.17) is 0 Å². The molecule has 0 bridgehead atoms. The van der Waals surface area contributed by atoms with Crippen LogP contribution < -0.4 is 0 Å². The van der Waals surface area contributed by atoms with Crippen molar-refractivity contribution in [1.29, 1.82) is 0 Å². The maximum atomic E-state index is 12.5. The van der Waals surface area contributed by atoms with E-state index in [2.05, 4.69) is 45.9 Å². The first-order valence-corrected chi connectivity index (χ1v) is 10.2. The van der Waals surface area contributed by atoms with Crippen LogP contribution in [0.4, 0.5) is 0 Å². The maximum absolute atomic E-state index is 12.5. The SMILES string of the molecule is CC(C)(C)n1nnnc1SCC(=O)N1CCC(Cc2ccccc2)CC1. The fourth-order valence-corrected chi connectivity index (χ4v) is 4.20. The van der Waals surface area contributed by atoms with E-state index in [1.54, 1.807) is 4.68 Å². The Morgan fingerprint density at radius 2 is 1.88 bits per heavy atom. The van der Waals surface area contributed by atoms with Crippen molar-refractivity contribution in [2.24, 2.45) is 5.92 Å². The lowest BCUT2D eigenvalue weighted by Gasteiger charge is -2.32. The van der Waals surface area contributed by atoms with Gasteiger partial charge in [0.2, 0.25) is 11.1 Å². The summed E-state index contributed by atoms with van der Waals surface area (Å²) in [7, 11) is 0. The van der Waals surface area contributed by atoms with Crippen LogP contribution in [0.5, 0.6) is 0 Å². The summed E-state index contributed by atoms with van der Waals surface area (Å²) in [6, 6.07) is 10.6. The van der Waals surface area contributed by atoms with Crippen molar-refractivity contribution in [3.63, 3.8) is 0 Å². The minimum Gasteiger partial charge on any atom is -0.342 e. The van der Waals surface area contributed by atoms with E-state index < -0.39 is 0 Å². The molecule has 0 atom stereocenters. The van der Waals surface area contributed by atoms with Crippen molar-refractivity contribution in [2.75, 3.05) is 18.8 Å². The van der Waals surface area contributed by atoms with Gasteiger partial charge >= 0.3 is 0 Å². The molecule has 140 valence electrons. The van der Waals surface area contributed by atoms with Gasteiger partial charge in [-0.05, 0) is 61.9 Å². The molecule has 2 aromatic rings. The van der Waals surface area contributed by atoms with Crippen LogP contribution in [0.1, 0.15) is 39.2 Å². The summed E-state index contributed by atoms with van der Waals surface area (Å²) in [5, 5.41) is 12.5. The molecule has 0 unspecified atom stereocenters. The minimum atomic E-state index is -0.190. The number of aromatic nitrogens is 4. The maximum Gasteiger partial charge on any atom is 0.233 e. The van der Waals surface area contributed by atoms with Gasteiger partial charge in [-0.15, -0.1) is 5.10 Å². The predicted octanol–water partition coefficient (Wildman–Crippen LogP) is 3.00. The Bertz CT molecular complexity index is 717. The highest BCUT2D eigenvalue weighted by Gasteiger charge is 2.25. The topological polar surface area (TPSA) is 63.9 Å². The highest BCUT2D eigenvalue weighted by molar-refractivity contribution is 7.99. The van der Waals surface area contributed by atoms with Gasteiger partial charge in [0.25, 0.3) is 0 Å². The average molecular weight is 374 g/mol. The Balaban J connectivity index is 1.46. The molecule has 6 nitrogen and oxygen atoms in total. The first kappa shape index (κ1) is 18.9. The predicted molar refractivity (Wildman–Crippen MR) is 103 cm³/mol. The van der Waals surface area contributed by atoms with E-state index in [1.165, 1.54) is 17.3 Å². The second-order valence-corrected chi connectivity index (χ2v) is 8.79. The molecule has 0 radical (unpaired) electrons. The molecule has 0 N–H and O–H groups in total. The second-order valence-electron chi connectivity index (χ2n) is 7.85. The molecule has 7 heteroatoms. The standard InChI is InChI=1S/C19H27N5OS/c1-19(2,3)24-18(20-21-22-24)26-14-17(25)23-11-9-16(10-12-23)13-15-7-5-4-6-8-15/h4-8,16H,9-14H2,1-3H3. The smallest absolute Gasteiger partial charge is 0.233 e. The number of hydrogen-bond donors (Lipinski definition) is 0. The Labute approximate surface area is 159 Å². The quantitative estimate of drug-likeness (QED) is 0.754. The monoisotopic (exact) mass is 373 g/mol. The molecule has 1 aromatic heterocycles. The van der Waals surface area contributed by atoms with E-state index in [0.717, 1.165) is 32.4 Å². The van der Waals surface area contributed by atoms with Gasteiger partial charge in [0.05, 0.1) is 11.3 Å². The molecular formula is C19H27N5OS. The van der Waals surface area contributed by atoms with Crippen LogP contribution in [0, 0.1) is 5.92 Å². The largest absolute Gasteiger partial charge is 0.342 e. The number of tetrazole rings is 1. The zero-order valence-corrected chi connectivity index (χ0v) is 16.6. The van der Waals surface area contributed by atoms with Crippen molar-refractivity contribution in [2.45, 2.75) is 50.7 Å². The number of rotatable bonds is 5. The number of likely N-dealkylation sites (tertiary alicyclic amines) is 1. The first-order chi connectivity index (χ1) is 12.4. The van der Waals surface area contributed by atoms with Crippen molar-refractivity contribution in [3.8, 4) is 0 Å². The fraction of sp³-hybridized carbons (Fsp3) is 0.579. The van der Waals surface area contributed by atoms with Crippen LogP contribution in [-0.2, 0) is 16.8 Å². The van der Waals surface area contributed by atoms with Crippen molar-refractivity contribution >= 4 is 17.7 Å². The van der Waals surface area contributed by atoms with Crippen molar-refractivity contribution in [3.05, 3.63) is 35.9 Å². The van der Waals surface area contributed by atoms with E-state index in [9.17, 15) is 4.79 Å². The summed E-state index contributed by atoms with van der Waals surface area (Å²) < 4.78 is 1.77. The highest BCUT2D eigenvalue weighted by atomic mass is 32.2. The zero-order valence-electron chi connectivity index (χ0n) is 15.8. The first-order valence-electron chi connectivity index (χ1n) is 9.17. The van der Waals surface area contributed by atoms with Crippen molar-refractivity contribution < 1.29 is 4.79 Å². The lowest BCUT2D eigenvalue weighted by Crippen LogP contribution is -2.40. The van der Waals surface area contributed by atoms with Crippen LogP contribution in [0.25, 0.3) is 0 Å². The van der Waals surface area contributed by atoms with E-state index in [1.807, 2.05) is 25.7 Å². The van der Waals surface area contributed by atoms with Crippen molar-refractivity contribution in [1.82, 2.24) is 25.1 Å². The second kappa shape index (κ2) is 8.20. The number of thioether (sulfide) groups is 1. The van der Waals surface area contributed by atoms with Gasteiger partial charge in [-0.1, -0.05) is 42.1 Å². The third kappa shape index (κ3) is 4.84. The van der Waals surface area contributed by atoms with Gasteiger partial charge in [-0.25, -0.2) is 4.68 Å². The third-order valence-corrected chi connectivity index (χ3v) is 5.64. The lowest BCUT2D eigenvalue weighted by molar-refractivity contribution is -0.129. The Kier molecular flexibility index (Phi) is 5.96. The Hall–Kier alpha value is -1.89. The lowest BCUT2D eigenvalue weighted by atomic mass is 9.90. The molecule has 3 rings (SSSR count). The molecule has 1 aliphatic heterocycles. The Morgan fingerprint density at radius 3 is 2.54 bits per heavy atom. The van der Waals surface area contributed by atoms with Gasteiger partial charge in [0.1, 0.15) is 0 Å². The molecule has 0 saturated carbocycles. The number of benzene rings is 1. The van der Waals surface area contributed by atoms with Crippen LogP contribution in [0.2, 0.25) is 0 Å². The molecule has 1 amide bonds. The zero-order chi connectivity index (χ0) is 18.6. The summed E-state index contributed by atoms with van der Waals surface area (Å²) in [4.78, 5) is 14.5. The summed E-state index contributed by atoms with van der Waals surface area (Å²) in [6.45, 7) is 7.84. The number of carbonyl (C=O) groups excluding carboxylic acids is 1. The molecule has 26 heavy (non-hydrogen) atoms. The summed E-state index contributed by atoms with van der Waals surface area (Å²) >= 11 is 1.42. The van der Waals surface area contributed by atoms with E-state index >= 15 is 0 Å². The van der Waals surface area contributed by atoms with Gasteiger partial charge in [0.15, 0.2) is 0 Å². The molecule has 1 aliphatic rings. The number of piperidine rings is 1. The number of nitrogens with zero attached hydrogens (tertiary/aromatic N) is 5. The third-order valence-electron chi connectivity index (χ3n) is 4.74. The summed E-state index contributed by atoms with van der Waals surface area (Å²) in [6.07, 6.45) is 3.26. The number of amides is 1. The molecular weight excluding hydrogens is 346 g/mol. The number of carbonyl (C=O) groups is 1. The van der Waals surface area contributed by atoms with Crippen LogP contribution >= 0.6 is 11.8 Å². The minimum absolute atomic E-state index is 0.177. The normalized spacial score (nSPS) is 16.0. The van der Waals surface area contributed by atoms with E-state index in [-0.39, 0.29) is 11.4 Å². The fourth-order valence-electron chi connectivity index (χ4n) is 3.24. The molecule has 1 saturated heterocycles. The molecule has 0 spiro atoms. The number of hydrogen-bond acceptors (Lipinski definition) is 5. The molecule has 2 heterocycles. The van der Waals surface area contributed by atoms with E-state index in [0.29, 0.717) is 16.8 Å². The van der Waals surface area contributed by atoms with Crippen LogP contribution in [0.15, 0.2) is 35.5 Å². The van der Waals surface area contributed by atoms with Gasteiger partial charge < -0.3 is 4.90 Å². The van der Waals surface area contributed by atoms with Gasteiger partial charge in [-0.2, -0.15) is 0 Å². The molecule has 1 fully saturated rings. The van der Waals surface area contributed by atoms with Crippen LogP contribution in [-0.4, -0.2) is 49.9 Å².